The molecule has 0 radical (unpaired) electrons. The lowest BCUT2D eigenvalue weighted by Crippen LogP contribution is -2.60. The number of nitrogens with one attached hydrogen (secondary N) is 1. The van der Waals surface area contributed by atoms with Crippen LogP contribution in [0.25, 0.3) is 0 Å². The SMILES string of the molecule is COC(=O)[C@H](NC=O)[C@@](O)(c1ccc(OC)cc1)C(F)(F)F. The average molecular weight is 321 g/mol. The standard InChI is InChI=1S/C13H14F3NO5/c1-21-9-5-3-8(4-6-9)12(20,13(14,15)16)10(17-7-18)11(19)22-2/h3-7,10,20H,1-2H3,(H,17,18)/t10-,12-/m0/s1. The molecule has 0 bridgehead atoms. The smallest absolute Gasteiger partial charge is 0.424 e. The third-order valence-electron chi connectivity index (χ3n) is 3.05. The summed E-state index contributed by atoms with van der Waals surface area (Å²) in [4.78, 5) is 22.1. The minimum absolute atomic E-state index is 0.123. The average Bonchev–Trinajstić information content (AvgIpc) is 2.50. The van der Waals surface area contributed by atoms with Crippen molar-refractivity contribution in [3.63, 3.8) is 0 Å². The van der Waals surface area contributed by atoms with Crippen LogP contribution < -0.4 is 10.1 Å². The molecule has 2 N–H and O–H groups in total. The summed E-state index contributed by atoms with van der Waals surface area (Å²) >= 11 is 0. The fraction of sp³-hybridized carbons (Fsp3) is 0.385. The lowest BCUT2D eigenvalue weighted by atomic mass is 9.85. The number of methoxy groups -OCH3 is 2. The highest BCUT2D eigenvalue weighted by Crippen LogP contribution is 2.42. The van der Waals surface area contributed by atoms with Crippen molar-refractivity contribution in [2.75, 3.05) is 14.2 Å². The second-order valence-corrected chi connectivity index (χ2v) is 4.23. The van der Waals surface area contributed by atoms with E-state index in [-0.39, 0.29) is 12.2 Å². The molecule has 1 aromatic rings. The molecule has 0 aliphatic heterocycles. The van der Waals surface area contributed by atoms with E-state index in [1.54, 1.807) is 5.32 Å². The Morgan fingerprint density at radius 3 is 2.18 bits per heavy atom. The molecule has 0 aliphatic rings. The van der Waals surface area contributed by atoms with Crippen molar-refractivity contribution in [3.8, 4) is 5.75 Å². The maximum Gasteiger partial charge on any atom is 0.424 e. The normalized spacial score (nSPS) is 15.4. The monoisotopic (exact) mass is 321 g/mol. The molecule has 0 spiro atoms. The molecule has 0 saturated carbocycles. The van der Waals surface area contributed by atoms with Crippen LogP contribution in [0, 0.1) is 0 Å². The van der Waals surface area contributed by atoms with Crippen molar-refractivity contribution >= 4 is 12.4 Å². The van der Waals surface area contributed by atoms with Crippen molar-refractivity contribution in [1.82, 2.24) is 5.32 Å². The van der Waals surface area contributed by atoms with Crippen molar-refractivity contribution in [3.05, 3.63) is 29.8 Å². The van der Waals surface area contributed by atoms with Gasteiger partial charge in [-0.05, 0) is 17.7 Å². The van der Waals surface area contributed by atoms with Gasteiger partial charge >= 0.3 is 12.1 Å². The first-order valence-electron chi connectivity index (χ1n) is 5.93. The number of carbonyl (C=O) groups is 2. The Hall–Kier alpha value is -2.29. The number of rotatable bonds is 6. The molecule has 9 heteroatoms. The van der Waals surface area contributed by atoms with Gasteiger partial charge < -0.3 is 19.9 Å². The predicted molar refractivity (Wildman–Crippen MR) is 67.9 cm³/mol. The van der Waals surface area contributed by atoms with E-state index in [4.69, 9.17) is 4.74 Å². The largest absolute Gasteiger partial charge is 0.497 e. The Kier molecular flexibility index (Phi) is 5.37. The highest BCUT2D eigenvalue weighted by Gasteiger charge is 2.62. The summed E-state index contributed by atoms with van der Waals surface area (Å²) in [7, 11) is 2.16. The Balaban J connectivity index is 3.46. The summed E-state index contributed by atoms with van der Waals surface area (Å²) in [6.45, 7) is 0. The molecule has 0 fully saturated rings. The molecule has 6 nitrogen and oxygen atoms in total. The molecule has 0 unspecified atom stereocenters. The first kappa shape index (κ1) is 17.8. The topological polar surface area (TPSA) is 84.9 Å². The van der Waals surface area contributed by atoms with Crippen LogP contribution in [0.3, 0.4) is 0 Å². The third kappa shape index (κ3) is 3.14. The Morgan fingerprint density at radius 2 is 1.82 bits per heavy atom. The van der Waals surface area contributed by atoms with Crippen LogP contribution in [-0.4, -0.2) is 43.9 Å². The minimum Gasteiger partial charge on any atom is -0.497 e. The maximum absolute atomic E-state index is 13.4. The third-order valence-corrected chi connectivity index (χ3v) is 3.05. The molecule has 1 aromatic carbocycles. The van der Waals surface area contributed by atoms with Gasteiger partial charge in [0.2, 0.25) is 12.0 Å². The molecular formula is C13H14F3NO5. The zero-order valence-corrected chi connectivity index (χ0v) is 11.7. The van der Waals surface area contributed by atoms with Crippen LogP contribution in [0.2, 0.25) is 0 Å². The lowest BCUT2D eigenvalue weighted by Gasteiger charge is -2.36. The highest BCUT2D eigenvalue weighted by atomic mass is 19.4. The zero-order valence-electron chi connectivity index (χ0n) is 11.7. The zero-order chi connectivity index (χ0) is 17.0. The number of halogens is 3. The van der Waals surface area contributed by atoms with Crippen molar-refractivity contribution < 1.29 is 37.3 Å². The van der Waals surface area contributed by atoms with E-state index in [9.17, 15) is 27.9 Å². The molecule has 122 valence electrons. The van der Waals surface area contributed by atoms with E-state index in [0.717, 1.165) is 19.2 Å². The van der Waals surface area contributed by atoms with E-state index in [0.29, 0.717) is 0 Å². The van der Waals surface area contributed by atoms with Gasteiger partial charge in [0.05, 0.1) is 14.2 Å². The van der Waals surface area contributed by atoms with Gasteiger partial charge in [0.1, 0.15) is 5.75 Å². The molecule has 1 amide bonds. The van der Waals surface area contributed by atoms with Gasteiger partial charge in [-0.2, -0.15) is 13.2 Å². The number of hydrogen-bond donors (Lipinski definition) is 2. The lowest BCUT2D eigenvalue weighted by molar-refractivity contribution is -0.276. The van der Waals surface area contributed by atoms with E-state index >= 15 is 0 Å². The number of carbonyl (C=O) groups excluding carboxylic acids is 2. The minimum atomic E-state index is -5.25. The van der Waals surface area contributed by atoms with Gasteiger partial charge in [-0.25, -0.2) is 4.79 Å². The highest BCUT2D eigenvalue weighted by molar-refractivity contribution is 5.80. The van der Waals surface area contributed by atoms with Gasteiger partial charge in [0.15, 0.2) is 6.04 Å². The first-order valence-corrected chi connectivity index (χ1v) is 5.93. The number of amides is 1. The quantitative estimate of drug-likeness (QED) is 0.596. The van der Waals surface area contributed by atoms with Crippen LogP contribution in [0.1, 0.15) is 5.56 Å². The molecule has 0 aromatic heterocycles. The summed E-state index contributed by atoms with van der Waals surface area (Å²) in [6, 6.07) is 1.88. The molecular weight excluding hydrogens is 307 g/mol. The summed E-state index contributed by atoms with van der Waals surface area (Å²) < 4.78 is 49.2. The van der Waals surface area contributed by atoms with Gasteiger partial charge in [-0.1, -0.05) is 12.1 Å². The van der Waals surface area contributed by atoms with Crippen molar-refractivity contribution in [2.45, 2.75) is 17.8 Å². The van der Waals surface area contributed by atoms with Crippen LogP contribution in [0.4, 0.5) is 13.2 Å². The van der Waals surface area contributed by atoms with Crippen LogP contribution >= 0.6 is 0 Å². The number of benzene rings is 1. The second-order valence-electron chi connectivity index (χ2n) is 4.23. The molecule has 22 heavy (non-hydrogen) atoms. The fourth-order valence-corrected chi connectivity index (χ4v) is 1.88. The van der Waals surface area contributed by atoms with E-state index in [1.807, 2.05) is 0 Å². The summed E-state index contributed by atoms with van der Waals surface area (Å²) in [6.07, 6.45) is -5.38. The summed E-state index contributed by atoms with van der Waals surface area (Å²) in [5.41, 5.74) is -4.31. The number of aliphatic hydroxyl groups is 1. The second kappa shape index (κ2) is 6.65. The molecule has 0 saturated heterocycles. The molecule has 2 atom stereocenters. The van der Waals surface area contributed by atoms with Gasteiger partial charge in [-0.15, -0.1) is 0 Å². The van der Waals surface area contributed by atoms with Crippen molar-refractivity contribution in [2.24, 2.45) is 0 Å². The van der Waals surface area contributed by atoms with E-state index in [2.05, 4.69) is 4.74 Å². The van der Waals surface area contributed by atoms with E-state index < -0.39 is 29.4 Å². The van der Waals surface area contributed by atoms with Crippen molar-refractivity contribution in [1.29, 1.82) is 0 Å². The Morgan fingerprint density at radius 1 is 1.27 bits per heavy atom. The van der Waals surface area contributed by atoms with Gasteiger partial charge in [0.25, 0.3) is 0 Å². The summed E-state index contributed by atoms with van der Waals surface area (Å²) in [5, 5.41) is 11.8. The molecule has 1 rings (SSSR count). The Bertz CT molecular complexity index is 531. The number of hydrogen-bond acceptors (Lipinski definition) is 5. The maximum atomic E-state index is 13.4. The van der Waals surface area contributed by atoms with Gasteiger partial charge in [-0.3, -0.25) is 4.79 Å². The number of esters is 1. The van der Waals surface area contributed by atoms with Crippen LogP contribution in [0.15, 0.2) is 24.3 Å². The van der Waals surface area contributed by atoms with Gasteiger partial charge in [0, 0.05) is 0 Å². The Labute approximate surface area is 123 Å². The van der Waals surface area contributed by atoms with Crippen LogP contribution in [0.5, 0.6) is 5.75 Å². The molecule has 0 aliphatic carbocycles. The predicted octanol–water partition coefficient (Wildman–Crippen LogP) is 0.733. The van der Waals surface area contributed by atoms with E-state index in [1.165, 1.54) is 19.2 Å². The number of ether oxygens (including phenoxy) is 2. The molecule has 0 heterocycles. The summed E-state index contributed by atoms with van der Waals surface area (Å²) in [5.74, 6) is -1.19. The van der Waals surface area contributed by atoms with Crippen LogP contribution in [-0.2, 0) is 19.9 Å². The fourth-order valence-electron chi connectivity index (χ4n) is 1.88. The number of alkyl halides is 3. The first-order chi connectivity index (χ1) is 10.2.